The molecule has 2 fully saturated rings. The minimum atomic E-state index is -0.541. The number of rotatable bonds is 1. The molecule has 1 aliphatic carbocycles. The molecule has 3 rings (SSSR count). The van der Waals surface area contributed by atoms with Crippen molar-refractivity contribution in [2.24, 2.45) is 5.92 Å². The van der Waals surface area contributed by atoms with Crippen LogP contribution >= 0.6 is 0 Å². The molecule has 0 aromatic heterocycles. The van der Waals surface area contributed by atoms with Gasteiger partial charge in [-0.25, -0.2) is 8.78 Å². The van der Waals surface area contributed by atoms with Crippen molar-refractivity contribution in [3.63, 3.8) is 0 Å². The van der Waals surface area contributed by atoms with Gasteiger partial charge < -0.3 is 10.1 Å². The summed E-state index contributed by atoms with van der Waals surface area (Å²) in [5.74, 6) is -0.436. The van der Waals surface area contributed by atoms with Crippen molar-refractivity contribution in [3.05, 3.63) is 35.4 Å². The summed E-state index contributed by atoms with van der Waals surface area (Å²) in [6, 6.07) is 3.65. The fourth-order valence-corrected chi connectivity index (χ4v) is 3.64. The summed E-state index contributed by atoms with van der Waals surface area (Å²) >= 11 is 0. The van der Waals surface area contributed by atoms with Crippen molar-refractivity contribution in [3.8, 4) is 0 Å². The molecule has 0 amide bonds. The molecule has 110 valence electrons. The molecule has 1 heterocycles. The van der Waals surface area contributed by atoms with Crippen LogP contribution in [0.4, 0.5) is 8.78 Å². The highest BCUT2D eigenvalue weighted by atomic mass is 19.1. The first-order valence-corrected chi connectivity index (χ1v) is 7.41. The number of nitrogens with one attached hydrogen (secondary N) is 1. The average Bonchev–Trinajstić information content (AvgIpc) is 2.37. The molecule has 1 N–H and O–H groups in total. The van der Waals surface area contributed by atoms with Crippen LogP contribution in [-0.4, -0.2) is 18.7 Å². The van der Waals surface area contributed by atoms with Crippen molar-refractivity contribution in [2.75, 3.05) is 13.1 Å². The molecular weight excluding hydrogens is 260 g/mol. The number of hydrogen-bond acceptors (Lipinski definition) is 2. The quantitative estimate of drug-likeness (QED) is 0.849. The minimum Gasteiger partial charge on any atom is -0.364 e. The third-order valence-electron chi connectivity index (χ3n) is 4.48. The maximum absolute atomic E-state index is 13.4. The summed E-state index contributed by atoms with van der Waals surface area (Å²) in [6.45, 7) is 3.69. The largest absolute Gasteiger partial charge is 0.364 e. The molecule has 1 saturated carbocycles. The molecule has 1 aliphatic heterocycles. The van der Waals surface area contributed by atoms with Crippen LogP contribution in [0.25, 0.3) is 0 Å². The highest BCUT2D eigenvalue weighted by Gasteiger charge is 2.40. The second kappa shape index (κ2) is 5.41. The van der Waals surface area contributed by atoms with E-state index in [1.807, 2.05) is 0 Å². The predicted octanol–water partition coefficient (Wildman–Crippen LogP) is 3.57. The smallest absolute Gasteiger partial charge is 0.126 e. The first-order chi connectivity index (χ1) is 9.56. The number of morpholine rings is 1. The number of benzene rings is 1. The van der Waals surface area contributed by atoms with Crippen molar-refractivity contribution < 1.29 is 13.5 Å². The van der Waals surface area contributed by atoms with E-state index in [0.717, 1.165) is 31.9 Å². The van der Waals surface area contributed by atoms with E-state index in [2.05, 4.69) is 12.2 Å². The zero-order valence-electron chi connectivity index (χ0n) is 11.8. The van der Waals surface area contributed by atoms with Gasteiger partial charge in [0.15, 0.2) is 0 Å². The standard InChI is InChI=1S/C16H21F2NO/c1-11-3-2-4-16(8-11)10-19-9-15(20-16)12-5-13(17)7-14(18)6-12/h5-7,11,15,19H,2-4,8-10H2,1H3. The lowest BCUT2D eigenvalue weighted by Gasteiger charge is -2.46. The highest BCUT2D eigenvalue weighted by Crippen LogP contribution is 2.40. The molecule has 1 aromatic carbocycles. The zero-order valence-corrected chi connectivity index (χ0v) is 11.8. The van der Waals surface area contributed by atoms with Gasteiger partial charge in [0, 0.05) is 19.2 Å². The second-order valence-corrected chi connectivity index (χ2v) is 6.32. The van der Waals surface area contributed by atoms with Crippen LogP contribution in [0.5, 0.6) is 0 Å². The molecule has 1 spiro atoms. The predicted molar refractivity (Wildman–Crippen MR) is 73.4 cm³/mol. The number of ether oxygens (including phenoxy) is 1. The first kappa shape index (κ1) is 14.0. The molecule has 20 heavy (non-hydrogen) atoms. The van der Waals surface area contributed by atoms with Gasteiger partial charge in [-0.1, -0.05) is 19.8 Å². The second-order valence-electron chi connectivity index (χ2n) is 6.32. The summed E-state index contributed by atoms with van der Waals surface area (Å²) in [4.78, 5) is 0. The molecular formula is C16H21F2NO. The van der Waals surface area contributed by atoms with Crippen molar-refractivity contribution in [2.45, 2.75) is 44.3 Å². The molecule has 1 saturated heterocycles. The molecule has 2 aliphatic rings. The van der Waals surface area contributed by atoms with E-state index in [9.17, 15) is 8.78 Å². The van der Waals surface area contributed by atoms with Gasteiger partial charge in [0.05, 0.1) is 11.7 Å². The Bertz CT molecular complexity index is 469. The van der Waals surface area contributed by atoms with Gasteiger partial charge in [0.25, 0.3) is 0 Å². The van der Waals surface area contributed by atoms with Crippen molar-refractivity contribution >= 4 is 0 Å². The van der Waals surface area contributed by atoms with Crippen molar-refractivity contribution in [1.82, 2.24) is 5.32 Å². The summed E-state index contributed by atoms with van der Waals surface area (Å²) in [5, 5.41) is 3.38. The van der Waals surface area contributed by atoms with E-state index in [0.29, 0.717) is 18.0 Å². The van der Waals surface area contributed by atoms with E-state index in [4.69, 9.17) is 4.74 Å². The monoisotopic (exact) mass is 281 g/mol. The topological polar surface area (TPSA) is 21.3 Å². The van der Waals surface area contributed by atoms with Crippen LogP contribution in [0.2, 0.25) is 0 Å². The maximum atomic E-state index is 13.4. The third kappa shape index (κ3) is 2.86. The zero-order chi connectivity index (χ0) is 14.2. The molecule has 0 bridgehead atoms. The van der Waals surface area contributed by atoms with Gasteiger partial charge in [0.2, 0.25) is 0 Å². The molecule has 4 heteroatoms. The Balaban J connectivity index is 1.80. The lowest BCUT2D eigenvalue weighted by molar-refractivity contribution is -0.143. The Morgan fingerprint density at radius 2 is 2.00 bits per heavy atom. The van der Waals surface area contributed by atoms with Crippen LogP contribution in [0.3, 0.4) is 0 Å². The van der Waals surface area contributed by atoms with Gasteiger partial charge in [0.1, 0.15) is 11.6 Å². The van der Waals surface area contributed by atoms with Gasteiger partial charge in [-0.05, 0) is 36.5 Å². The average molecular weight is 281 g/mol. The highest BCUT2D eigenvalue weighted by molar-refractivity contribution is 5.21. The number of hydrogen-bond donors (Lipinski definition) is 1. The third-order valence-corrected chi connectivity index (χ3v) is 4.48. The van der Waals surface area contributed by atoms with Crippen LogP contribution in [-0.2, 0) is 4.74 Å². The Kier molecular flexibility index (Phi) is 3.78. The molecule has 1 aromatic rings. The van der Waals surface area contributed by atoms with E-state index in [1.165, 1.54) is 18.6 Å². The van der Waals surface area contributed by atoms with Crippen LogP contribution < -0.4 is 5.32 Å². The maximum Gasteiger partial charge on any atom is 0.126 e. The van der Waals surface area contributed by atoms with E-state index >= 15 is 0 Å². The summed E-state index contributed by atoms with van der Waals surface area (Å²) in [6.07, 6.45) is 4.18. The Morgan fingerprint density at radius 3 is 2.70 bits per heavy atom. The lowest BCUT2D eigenvalue weighted by atomic mass is 9.77. The summed E-state index contributed by atoms with van der Waals surface area (Å²) in [5.41, 5.74) is 0.427. The van der Waals surface area contributed by atoms with Gasteiger partial charge in [-0.3, -0.25) is 0 Å². The molecule has 0 radical (unpaired) electrons. The molecule has 3 atom stereocenters. The van der Waals surface area contributed by atoms with Gasteiger partial charge >= 0.3 is 0 Å². The summed E-state index contributed by atoms with van der Waals surface area (Å²) < 4.78 is 33.0. The molecule has 3 unspecified atom stereocenters. The van der Waals surface area contributed by atoms with E-state index in [-0.39, 0.29) is 11.7 Å². The number of halogens is 2. The van der Waals surface area contributed by atoms with Crippen LogP contribution in [0.15, 0.2) is 18.2 Å². The van der Waals surface area contributed by atoms with Gasteiger partial charge in [-0.15, -0.1) is 0 Å². The minimum absolute atomic E-state index is 0.163. The SMILES string of the molecule is CC1CCCC2(CNCC(c3cc(F)cc(F)c3)O2)C1. The van der Waals surface area contributed by atoms with E-state index in [1.54, 1.807) is 0 Å². The molecule has 2 nitrogen and oxygen atoms in total. The first-order valence-electron chi connectivity index (χ1n) is 7.41. The van der Waals surface area contributed by atoms with Gasteiger partial charge in [-0.2, -0.15) is 0 Å². The van der Waals surface area contributed by atoms with Crippen LogP contribution in [0, 0.1) is 17.6 Å². The summed E-state index contributed by atoms with van der Waals surface area (Å²) in [7, 11) is 0. The Morgan fingerprint density at radius 1 is 1.25 bits per heavy atom. The lowest BCUT2D eigenvalue weighted by Crippen LogP contribution is -2.53. The fourth-order valence-electron chi connectivity index (χ4n) is 3.64. The Labute approximate surface area is 118 Å². The normalized spacial score (nSPS) is 34.4. The fraction of sp³-hybridized carbons (Fsp3) is 0.625. The van der Waals surface area contributed by atoms with Crippen LogP contribution in [0.1, 0.15) is 44.3 Å². The van der Waals surface area contributed by atoms with Crippen molar-refractivity contribution in [1.29, 1.82) is 0 Å². The Hall–Kier alpha value is -1.00. The van der Waals surface area contributed by atoms with E-state index < -0.39 is 11.6 Å².